The lowest BCUT2D eigenvalue weighted by Crippen LogP contribution is -2.34. The second kappa shape index (κ2) is 2.79. The first-order valence-electron chi connectivity index (χ1n) is 4.90. The molecular formula is C11H17NO. The number of H-pyrrole nitrogens is 1. The van der Waals surface area contributed by atoms with Crippen LogP contribution in [-0.2, 0) is 6.42 Å². The van der Waals surface area contributed by atoms with Gasteiger partial charge in [0.25, 0.3) is 0 Å². The summed E-state index contributed by atoms with van der Waals surface area (Å²) < 4.78 is 5.91. The summed E-state index contributed by atoms with van der Waals surface area (Å²) in [5, 5.41) is 0. The summed E-state index contributed by atoms with van der Waals surface area (Å²) >= 11 is 0. The first-order chi connectivity index (χ1) is 6.07. The van der Waals surface area contributed by atoms with E-state index in [2.05, 4.69) is 25.8 Å². The number of fused-ring (bicyclic) bond motifs is 1. The lowest BCUT2D eigenvalue weighted by molar-refractivity contribution is 0.0672. The predicted octanol–water partition coefficient (Wildman–Crippen LogP) is 2.75. The normalized spacial score (nSPS) is 22.2. The van der Waals surface area contributed by atoms with Crippen molar-refractivity contribution in [2.45, 2.75) is 39.7 Å². The van der Waals surface area contributed by atoms with Crippen LogP contribution in [0.2, 0.25) is 0 Å². The molecule has 0 saturated heterocycles. The van der Waals surface area contributed by atoms with E-state index >= 15 is 0 Å². The van der Waals surface area contributed by atoms with E-state index in [0.29, 0.717) is 6.10 Å². The third-order valence-electron chi connectivity index (χ3n) is 2.68. The van der Waals surface area contributed by atoms with Crippen LogP contribution < -0.4 is 4.74 Å². The van der Waals surface area contributed by atoms with Crippen molar-refractivity contribution in [1.29, 1.82) is 0 Å². The zero-order valence-corrected chi connectivity index (χ0v) is 8.55. The van der Waals surface area contributed by atoms with Crippen LogP contribution in [0.1, 0.15) is 32.9 Å². The Morgan fingerprint density at radius 3 is 2.92 bits per heavy atom. The maximum absolute atomic E-state index is 5.91. The van der Waals surface area contributed by atoms with Crippen LogP contribution in [0.25, 0.3) is 0 Å². The largest absolute Gasteiger partial charge is 0.488 e. The summed E-state index contributed by atoms with van der Waals surface area (Å²) in [6.07, 6.45) is 4.55. The fourth-order valence-corrected chi connectivity index (χ4v) is 1.79. The average Bonchev–Trinajstić information content (AvgIpc) is 2.47. The Kier molecular flexibility index (Phi) is 1.86. The molecule has 0 saturated carbocycles. The van der Waals surface area contributed by atoms with Crippen molar-refractivity contribution in [2.75, 3.05) is 0 Å². The molecule has 1 N–H and O–H groups in total. The number of aromatic nitrogens is 1. The van der Waals surface area contributed by atoms with Gasteiger partial charge in [-0.05, 0) is 24.3 Å². The van der Waals surface area contributed by atoms with Crippen molar-refractivity contribution in [3.63, 3.8) is 0 Å². The minimum absolute atomic E-state index is 0.245. The van der Waals surface area contributed by atoms with E-state index in [9.17, 15) is 0 Å². The molecule has 2 rings (SSSR count). The third-order valence-corrected chi connectivity index (χ3v) is 2.68. The van der Waals surface area contributed by atoms with E-state index < -0.39 is 0 Å². The number of nitrogens with one attached hydrogen (secondary N) is 1. The Morgan fingerprint density at radius 1 is 1.46 bits per heavy atom. The van der Waals surface area contributed by atoms with Gasteiger partial charge in [0, 0.05) is 6.20 Å². The van der Waals surface area contributed by atoms with Gasteiger partial charge in [0.2, 0.25) is 0 Å². The molecule has 0 spiro atoms. The fourth-order valence-electron chi connectivity index (χ4n) is 1.79. The molecule has 13 heavy (non-hydrogen) atoms. The van der Waals surface area contributed by atoms with Gasteiger partial charge in [-0.25, -0.2) is 0 Å². The van der Waals surface area contributed by atoms with Crippen molar-refractivity contribution in [3.05, 3.63) is 18.0 Å². The lowest BCUT2D eigenvalue weighted by atomic mass is 9.85. The van der Waals surface area contributed by atoms with Crippen molar-refractivity contribution < 1.29 is 4.74 Å². The fraction of sp³-hybridized carbons (Fsp3) is 0.636. The molecule has 0 amide bonds. The molecule has 1 aliphatic rings. The van der Waals surface area contributed by atoms with E-state index in [0.717, 1.165) is 18.6 Å². The molecule has 2 heteroatoms. The molecule has 0 fully saturated rings. The Balaban J connectivity index is 2.18. The van der Waals surface area contributed by atoms with E-state index in [1.807, 2.05) is 12.3 Å². The van der Waals surface area contributed by atoms with Gasteiger partial charge in [0.1, 0.15) is 11.9 Å². The van der Waals surface area contributed by atoms with Crippen LogP contribution in [0.4, 0.5) is 0 Å². The van der Waals surface area contributed by atoms with Gasteiger partial charge < -0.3 is 9.72 Å². The van der Waals surface area contributed by atoms with Crippen LogP contribution in [0, 0.1) is 5.41 Å². The summed E-state index contributed by atoms with van der Waals surface area (Å²) in [6, 6.07) is 2.02. The van der Waals surface area contributed by atoms with Gasteiger partial charge in [-0.2, -0.15) is 0 Å². The summed E-state index contributed by atoms with van der Waals surface area (Å²) in [6.45, 7) is 6.69. The Bertz CT molecular complexity index is 295. The summed E-state index contributed by atoms with van der Waals surface area (Å²) in [7, 11) is 0. The maximum atomic E-state index is 5.91. The molecule has 0 aliphatic carbocycles. The summed E-state index contributed by atoms with van der Waals surface area (Å²) in [5.74, 6) is 1.05. The van der Waals surface area contributed by atoms with E-state index in [1.54, 1.807) is 0 Å². The maximum Gasteiger partial charge on any atom is 0.140 e. The van der Waals surface area contributed by atoms with Crippen molar-refractivity contribution >= 4 is 0 Å². The molecule has 2 nitrogen and oxygen atoms in total. The van der Waals surface area contributed by atoms with Gasteiger partial charge in [-0.1, -0.05) is 20.8 Å². The predicted molar refractivity (Wildman–Crippen MR) is 53.0 cm³/mol. The molecule has 72 valence electrons. The topological polar surface area (TPSA) is 25.0 Å². The highest BCUT2D eigenvalue weighted by Gasteiger charge is 2.30. The standard InChI is InChI=1S/C11H17NO/c1-11(2,3)10-5-4-8-9(13-10)6-7-12-8/h6-7,10,12H,4-5H2,1-3H3. The minimum Gasteiger partial charge on any atom is -0.488 e. The quantitative estimate of drug-likeness (QED) is 0.651. The number of aryl methyl sites for hydroxylation is 1. The smallest absolute Gasteiger partial charge is 0.140 e. The molecule has 1 aromatic rings. The highest BCUT2D eigenvalue weighted by atomic mass is 16.5. The SMILES string of the molecule is CC(C)(C)C1CCc2[nH]ccc2O1. The van der Waals surface area contributed by atoms with Crippen molar-refractivity contribution in [3.8, 4) is 5.75 Å². The molecule has 1 aliphatic heterocycles. The number of rotatable bonds is 0. The van der Waals surface area contributed by atoms with Crippen molar-refractivity contribution in [1.82, 2.24) is 4.98 Å². The van der Waals surface area contributed by atoms with Gasteiger partial charge >= 0.3 is 0 Å². The second-order valence-corrected chi connectivity index (χ2v) is 4.83. The number of hydrogen-bond donors (Lipinski definition) is 1. The highest BCUT2D eigenvalue weighted by Crippen LogP contribution is 2.34. The monoisotopic (exact) mass is 179 g/mol. The van der Waals surface area contributed by atoms with Crippen LogP contribution >= 0.6 is 0 Å². The highest BCUT2D eigenvalue weighted by molar-refractivity contribution is 5.30. The molecule has 1 aromatic heterocycles. The Labute approximate surface area is 79.3 Å². The van der Waals surface area contributed by atoms with Gasteiger partial charge in [0.05, 0.1) is 5.69 Å². The van der Waals surface area contributed by atoms with Crippen LogP contribution in [0.5, 0.6) is 5.75 Å². The van der Waals surface area contributed by atoms with Crippen LogP contribution in [-0.4, -0.2) is 11.1 Å². The zero-order chi connectivity index (χ0) is 9.47. The van der Waals surface area contributed by atoms with E-state index in [-0.39, 0.29) is 5.41 Å². The average molecular weight is 179 g/mol. The molecular weight excluding hydrogens is 162 g/mol. The first kappa shape index (κ1) is 8.67. The van der Waals surface area contributed by atoms with Crippen LogP contribution in [0.15, 0.2) is 12.3 Å². The lowest BCUT2D eigenvalue weighted by Gasteiger charge is -2.34. The molecule has 0 radical (unpaired) electrons. The second-order valence-electron chi connectivity index (χ2n) is 4.83. The molecule has 1 atom stereocenters. The van der Waals surface area contributed by atoms with Crippen molar-refractivity contribution in [2.24, 2.45) is 5.41 Å². The minimum atomic E-state index is 0.245. The van der Waals surface area contributed by atoms with E-state index in [1.165, 1.54) is 5.69 Å². The van der Waals surface area contributed by atoms with Gasteiger partial charge in [0.15, 0.2) is 0 Å². The molecule has 2 heterocycles. The van der Waals surface area contributed by atoms with Crippen LogP contribution in [0.3, 0.4) is 0 Å². The summed E-state index contributed by atoms with van der Waals surface area (Å²) in [4.78, 5) is 3.20. The zero-order valence-electron chi connectivity index (χ0n) is 8.55. The molecule has 0 aromatic carbocycles. The first-order valence-corrected chi connectivity index (χ1v) is 4.90. The van der Waals surface area contributed by atoms with Gasteiger partial charge in [-0.15, -0.1) is 0 Å². The molecule has 0 bridgehead atoms. The number of ether oxygens (including phenoxy) is 1. The number of hydrogen-bond acceptors (Lipinski definition) is 1. The summed E-state index contributed by atoms with van der Waals surface area (Å²) in [5.41, 5.74) is 1.50. The van der Waals surface area contributed by atoms with Gasteiger partial charge in [-0.3, -0.25) is 0 Å². The number of aromatic amines is 1. The Hall–Kier alpha value is -0.920. The molecule has 1 unspecified atom stereocenters. The third kappa shape index (κ3) is 1.58. The van der Waals surface area contributed by atoms with E-state index in [4.69, 9.17) is 4.74 Å². The Morgan fingerprint density at radius 2 is 2.23 bits per heavy atom.